The Hall–Kier alpha value is -1.46. The lowest BCUT2D eigenvalue weighted by atomic mass is 10.1. The number of carboxylic acid groups (broad SMARTS) is 1. The number of hydrogen-bond donors (Lipinski definition) is 1. The highest BCUT2D eigenvalue weighted by Crippen LogP contribution is 2.15. The maximum absolute atomic E-state index is 13.4. The Labute approximate surface area is 118 Å². The molecule has 1 unspecified atom stereocenters. The van der Waals surface area contributed by atoms with Crippen LogP contribution >= 0.6 is 0 Å². The molecule has 20 heavy (non-hydrogen) atoms. The van der Waals surface area contributed by atoms with Crippen LogP contribution in [0.25, 0.3) is 0 Å². The zero-order chi connectivity index (χ0) is 14.7. The number of piperazine rings is 1. The van der Waals surface area contributed by atoms with Gasteiger partial charge in [-0.3, -0.25) is 9.80 Å². The van der Waals surface area contributed by atoms with Crippen LogP contribution in [0.5, 0.6) is 0 Å². The van der Waals surface area contributed by atoms with Crippen molar-refractivity contribution >= 4 is 5.97 Å². The second-order valence-electron chi connectivity index (χ2n) is 5.37. The van der Waals surface area contributed by atoms with Crippen LogP contribution in [0.4, 0.5) is 4.39 Å². The number of aromatic carboxylic acids is 1. The van der Waals surface area contributed by atoms with Crippen LogP contribution in [0, 0.1) is 5.82 Å². The molecule has 0 bridgehead atoms. The quantitative estimate of drug-likeness (QED) is 0.916. The van der Waals surface area contributed by atoms with Crippen LogP contribution in [0.3, 0.4) is 0 Å². The van der Waals surface area contributed by atoms with Crippen molar-refractivity contribution < 1.29 is 14.3 Å². The van der Waals surface area contributed by atoms with Crippen molar-refractivity contribution in [2.45, 2.75) is 26.4 Å². The molecule has 110 valence electrons. The first-order chi connectivity index (χ1) is 9.49. The van der Waals surface area contributed by atoms with Crippen molar-refractivity contribution in [1.82, 2.24) is 9.80 Å². The van der Waals surface area contributed by atoms with Crippen molar-refractivity contribution in [3.63, 3.8) is 0 Å². The number of carboxylic acids is 1. The van der Waals surface area contributed by atoms with Crippen LogP contribution < -0.4 is 0 Å². The Morgan fingerprint density at radius 1 is 1.40 bits per heavy atom. The smallest absolute Gasteiger partial charge is 0.335 e. The van der Waals surface area contributed by atoms with E-state index >= 15 is 0 Å². The molecule has 0 spiro atoms. The molecule has 1 aromatic rings. The zero-order valence-corrected chi connectivity index (χ0v) is 12.0. The Morgan fingerprint density at radius 2 is 2.15 bits per heavy atom. The van der Waals surface area contributed by atoms with E-state index in [1.54, 1.807) is 6.07 Å². The predicted molar refractivity (Wildman–Crippen MR) is 75.3 cm³/mol. The molecular formula is C15H21FN2O2. The van der Waals surface area contributed by atoms with Crippen molar-refractivity contribution in [2.75, 3.05) is 26.2 Å². The standard InChI is InChI=1S/C15H21FN2O2/c1-3-18-5-4-17(9-11(18)2)10-12-6-13(15(19)20)8-14(16)7-12/h6-8,11H,3-5,9-10H2,1-2H3,(H,19,20). The van der Waals surface area contributed by atoms with E-state index < -0.39 is 11.8 Å². The molecule has 1 fully saturated rings. The average molecular weight is 280 g/mol. The molecule has 5 heteroatoms. The molecule has 0 aromatic heterocycles. The van der Waals surface area contributed by atoms with E-state index in [0.29, 0.717) is 12.6 Å². The molecular weight excluding hydrogens is 259 g/mol. The molecule has 1 aliphatic heterocycles. The summed E-state index contributed by atoms with van der Waals surface area (Å²) in [6.07, 6.45) is 0. The first kappa shape index (κ1) is 14.9. The minimum Gasteiger partial charge on any atom is -0.478 e. The Kier molecular flexibility index (Phi) is 4.73. The molecule has 4 nitrogen and oxygen atoms in total. The number of rotatable bonds is 4. The fraction of sp³-hybridized carbons (Fsp3) is 0.533. The molecule has 2 rings (SSSR count). The number of nitrogens with zero attached hydrogens (tertiary/aromatic N) is 2. The van der Waals surface area contributed by atoms with Crippen molar-refractivity contribution in [2.24, 2.45) is 0 Å². The van der Waals surface area contributed by atoms with Crippen LogP contribution in [0.1, 0.15) is 29.8 Å². The van der Waals surface area contributed by atoms with Gasteiger partial charge in [-0.1, -0.05) is 6.92 Å². The Bertz CT molecular complexity index is 493. The lowest BCUT2D eigenvalue weighted by Gasteiger charge is -2.39. The van der Waals surface area contributed by atoms with Gasteiger partial charge in [-0.05, 0) is 37.2 Å². The largest absolute Gasteiger partial charge is 0.478 e. The van der Waals surface area contributed by atoms with Gasteiger partial charge in [0, 0.05) is 32.2 Å². The highest BCUT2D eigenvalue weighted by atomic mass is 19.1. The van der Waals surface area contributed by atoms with Gasteiger partial charge in [-0.15, -0.1) is 0 Å². The van der Waals surface area contributed by atoms with Gasteiger partial charge in [-0.2, -0.15) is 0 Å². The summed E-state index contributed by atoms with van der Waals surface area (Å²) in [6, 6.07) is 4.51. The number of hydrogen-bond acceptors (Lipinski definition) is 3. The van der Waals surface area contributed by atoms with E-state index in [9.17, 15) is 9.18 Å². The number of likely N-dealkylation sites (N-methyl/N-ethyl adjacent to an activating group) is 1. The van der Waals surface area contributed by atoms with Crippen LogP contribution in [-0.4, -0.2) is 53.1 Å². The zero-order valence-electron chi connectivity index (χ0n) is 12.0. The lowest BCUT2D eigenvalue weighted by molar-refractivity contribution is 0.0695. The first-order valence-corrected chi connectivity index (χ1v) is 6.98. The van der Waals surface area contributed by atoms with Gasteiger partial charge in [0.1, 0.15) is 5.82 Å². The summed E-state index contributed by atoms with van der Waals surface area (Å²) in [5.41, 5.74) is 0.736. The van der Waals surface area contributed by atoms with E-state index in [1.807, 2.05) is 0 Å². The van der Waals surface area contributed by atoms with Crippen LogP contribution in [-0.2, 0) is 6.54 Å². The summed E-state index contributed by atoms with van der Waals surface area (Å²) < 4.78 is 13.4. The molecule has 0 radical (unpaired) electrons. The summed E-state index contributed by atoms with van der Waals surface area (Å²) in [6.45, 7) is 8.82. The topological polar surface area (TPSA) is 43.8 Å². The first-order valence-electron chi connectivity index (χ1n) is 6.98. The number of carbonyl (C=O) groups is 1. The molecule has 1 aliphatic rings. The summed E-state index contributed by atoms with van der Waals surface area (Å²) in [7, 11) is 0. The van der Waals surface area contributed by atoms with Crippen molar-refractivity contribution in [3.8, 4) is 0 Å². The predicted octanol–water partition coefficient (Wildman–Crippen LogP) is 2.05. The van der Waals surface area contributed by atoms with E-state index in [1.165, 1.54) is 6.07 Å². The monoisotopic (exact) mass is 280 g/mol. The highest BCUT2D eigenvalue weighted by molar-refractivity contribution is 5.87. The van der Waals surface area contributed by atoms with Crippen molar-refractivity contribution in [3.05, 3.63) is 35.1 Å². The van der Waals surface area contributed by atoms with E-state index in [-0.39, 0.29) is 5.56 Å². The second-order valence-corrected chi connectivity index (χ2v) is 5.37. The van der Waals surface area contributed by atoms with Gasteiger partial charge >= 0.3 is 5.97 Å². The summed E-state index contributed by atoms with van der Waals surface area (Å²) in [5, 5.41) is 8.96. The summed E-state index contributed by atoms with van der Waals surface area (Å²) >= 11 is 0. The second kappa shape index (κ2) is 6.33. The molecule has 1 heterocycles. The van der Waals surface area contributed by atoms with E-state index in [0.717, 1.165) is 37.8 Å². The van der Waals surface area contributed by atoms with Gasteiger partial charge in [0.25, 0.3) is 0 Å². The van der Waals surface area contributed by atoms with Crippen LogP contribution in [0.15, 0.2) is 18.2 Å². The van der Waals surface area contributed by atoms with Gasteiger partial charge in [0.15, 0.2) is 0 Å². The number of benzene rings is 1. The normalized spacial score (nSPS) is 21.1. The minimum atomic E-state index is -1.09. The fourth-order valence-electron chi connectivity index (χ4n) is 2.81. The van der Waals surface area contributed by atoms with Gasteiger partial charge in [0.2, 0.25) is 0 Å². The third kappa shape index (κ3) is 3.55. The molecule has 1 N–H and O–H groups in total. The molecule has 1 aromatic carbocycles. The maximum atomic E-state index is 13.4. The Morgan fingerprint density at radius 3 is 2.75 bits per heavy atom. The highest BCUT2D eigenvalue weighted by Gasteiger charge is 2.22. The fourth-order valence-corrected chi connectivity index (χ4v) is 2.81. The Balaban J connectivity index is 2.05. The molecule has 1 atom stereocenters. The van der Waals surface area contributed by atoms with Crippen molar-refractivity contribution in [1.29, 1.82) is 0 Å². The molecule has 0 aliphatic carbocycles. The van der Waals surface area contributed by atoms with Gasteiger partial charge in [0.05, 0.1) is 5.56 Å². The maximum Gasteiger partial charge on any atom is 0.335 e. The minimum absolute atomic E-state index is 0.0141. The summed E-state index contributed by atoms with van der Waals surface area (Å²) in [5.74, 6) is -1.57. The lowest BCUT2D eigenvalue weighted by Crippen LogP contribution is -2.51. The van der Waals surface area contributed by atoms with E-state index in [4.69, 9.17) is 5.11 Å². The third-order valence-electron chi connectivity index (χ3n) is 3.87. The van der Waals surface area contributed by atoms with Crippen LogP contribution in [0.2, 0.25) is 0 Å². The van der Waals surface area contributed by atoms with E-state index in [2.05, 4.69) is 23.6 Å². The van der Waals surface area contributed by atoms with Gasteiger partial charge < -0.3 is 5.11 Å². The molecule has 1 saturated heterocycles. The van der Waals surface area contributed by atoms with Gasteiger partial charge in [-0.25, -0.2) is 9.18 Å². The third-order valence-corrected chi connectivity index (χ3v) is 3.87. The SMILES string of the molecule is CCN1CCN(Cc2cc(F)cc(C(=O)O)c2)CC1C. The average Bonchev–Trinajstić information content (AvgIpc) is 2.38. The summed E-state index contributed by atoms with van der Waals surface area (Å²) in [4.78, 5) is 15.6. The molecule has 0 saturated carbocycles. The molecule has 0 amide bonds. The number of halogens is 1.